The average molecular weight is 326 g/mol. The van der Waals surface area contributed by atoms with Gasteiger partial charge in [0.05, 0.1) is 6.10 Å². The second kappa shape index (κ2) is 7.27. The zero-order chi connectivity index (χ0) is 15.4. The third-order valence-corrected chi connectivity index (χ3v) is 4.54. The van der Waals surface area contributed by atoms with Gasteiger partial charge in [0, 0.05) is 27.9 Å². The first-order chi connectivity index (χ1) is 10.1. The molecule has 0 aliphatic carbocycles. The van der Waals surface area contributed by atoms with E-state index in [9.17, 15) is 9.50 Å². The van der Waals surface area contributed by atoms with Crippen LogP contribution in [-0.2, 0) is 0 Å². The summed E-state index contributed by atoms with van der Waals surface area (Å²) in [6, 6.07) is 12.0. The third kappa shape index (κ3) is 3.58. The summed E-state index contributed by atoms with van der Waals surface area (Å²) < 4.78 is 14.0. The van der Waals surface area contributed by atoms with Gasteiger partial charge >= 0.3 is 0 Å². The molecule has 2 aromatic carbocycles. The van der Waals surface area contributed by atoms with Crippen LogP contribution in [0.5, 0.6) is 0 Å². The molecule has 21 heavy (non-hydrogen) atoms. The number of rotatable bonds is 5. The Morgan fingerprint density at radius 3 is 2.43 bits per heavy atom. The van der Waals surface area contributed by atoms with Gasteiger partial charge in [0.15, 0.2) is 0 Å². The second-order valence-corrected chi connectivity index (χ2v) is 5.98. The van der Waals surface area contributed by atoms with Gasteiger partial charge in [0.25, 0.3) is 0 Å². The van der Waals surface area contributed by atoms with Gasteiger partial charge in [-0.05, 0) is 36.1 Å². The number of benzene rings is 2. The molecule has 0 saturated heterocycles. The number of aliphatic hydroxyl groups is 1. The molecule has 0 bridgehead atoms. The van der Waals surface area contributed by atoms with Gasteiger partial charge < -0.3 is 10.8 Å². The molecule has 0 aliphatic heterocycles. The number of nitrogens with two attached hydrogens (primary N) is 1. The van der Waals surface area contributed by atoms with E-state index in [2.05, 4.69) is 0 Å². The topological polar surface area (TPSA) is 46.2 Å². The van der Waals surface area contributed by atoms with E-state index in [0.29, 0.717) is 5.56 Å². The summed E-state index contributed by atoms with van der Waals surface area (Å²) in [5.74, 6) is -1.03. The fraction of sp³-hybridized carbons (Fsp3) is 0.250. The molecule has 0 spiro atoms. The Morgan fingerprint density at radius 2 is 1.90 bits per heavy atom. The van der Waals surface area contributed by atoms with E-state index in [1.807, 2.05) is 30.5 Å². The lowest BCUT2D eigenvalue weighted by Crippen LogP contribution is -2.21. The molecule has 2 nitrogen and oxygen atoms in total. The monoisotopic (exact) mass is 325 g/mol. The van der Waals surface area contributed by atoms with Gasteiger partial charge in [-0.25, -0.2) is 4.39 Å². The molecule has 0 aromatic heterocycles. The van der Waals surface area contributed by atoms with E-state index in [0.717, 1.165) is 4.90 Å². The molecule has 2 aromatic rings. The maximum atomic E-state index is 14.0. The Kier molecular flexibility index (Phi) is 5.65. The van der Waals surface area contributed by atoms with Crippen LogP contribution in [0, 0.1) is 5.82 Å². The SMILES string of the molecule is CSc1ccc(C(O)C(CN)c2c(F)cccc2Cl)cc1. The van der Waals surface area contributed by atoms with Crippen LogP contribution in [0.15, 0.2) is 47.4 Å². The third-order valence-electron chi connectivity index (χ3n) is 3.46. The number of halogens is 2. The molecular weight excluding hydrogens is 309 g/mol. The van der Waals surface area contributed by atoms with Crippen molar-refractivity contribution in [3.63, 3.8) is 0 Å². The van der Waals surface area contributed by atoms with Crippen molar-refractivity contribution < 1.29 is 9.50 Å². The Morgan fingerprint density at radius 1 is 1.24 bits per heavy atom. The minimum Gasteiger partial charge on any atom is -0.388 e. The van der Waals surface area contributed by atoms with E-state index >= 15 is 0 Å². The van der Waals surface area contributed by atoms with Crippen LogP contribution in [0.2, 0.25) is 5.02 Å². The Labute approximate surface area is 133 Å². The van der Waals surface area contributed by atoms with Crippen molar-refractivity contribution in [3.05, 3.63) is 64.4 Å². The molecule has 2 unspecified atom stereocenters. The van der Waals surface area contributed by atoms with Crippen LogP contribution in [-0.4, -0.2) is 17.9 Å². The molecule has 0 amide bonds. The molecule has 0 aliphatic rings. The fourth-order valence-corrected chi connectivity index (χ4v) is 3.01. The van der Waals surface area contributed by atoms with Gasteiger partial charge in [-0.2, -0.15) is 0 Å². The summed E-state index contributed by atoms with van der Waals surface area (Å²) in [7, 11) is 0. The normalized spacial score (nSPS) is 14.0. The Hall–Kier alpha value is -1.07. The van der Waals surface area contributed by atoms with E-state index in [-0.39, 0.29) is 17.1 Å². The molecular formula is C16H17ClFNOS. The zero-order valence-electron chi connectivity index (χ0n) is 11.6. The standard InChI is InChI=1S/C16H17ClFNOS/c1-21-11-7-5-10(6-8-11)16(20)12(9-19)15-13(17)3-2-4-14(15)18/h2-8,12,16,20H,9,19H2,1H3. The molecule has 0 heterocycles. The highest BCUT2D eigenvalue weighted by molar-refractivity contribution is 7.98. The fourth-order valence-electron chi connectivity index (χ4n) is 2.30. The molecule has 5 heteroatoms. The minimum atomic E-state index is -0.902. The molecule has 0 radical (unpaired) electrons. The molecule has 0 saturated carbocycles. The van der Waals surface area contributed by atoms with E-state index < -0.39 is 17.8 Å². The predicted molar refractivity (Wildman–Crippen MR) is 86.4 cm³/mol. The van der Waals surface area contributed by atoms with Crippen LogP contribution in [0.4, 0.5) is 4.39 Å². The number of aliphatic hydroxyl groups excluding tert-OH is 1. The summed E-state index contributed by atoms with van der Waals surface area (Å²) in [4.78, 5) is 1.10. The first kappa shape index (κ1) is 16.3. The van der Waals surface area contributed by atoms with E-state index in [1.165, 1.54) is 12.1 Å². The minimum absolute atomic E-state index is 0.103. The average Bonchev–Trinajstić information content (AvgIpc) is 2.50. The first-order valence-corrected chi connectivity index (χ1v) is 8.14. The number of hydrogen-bond donors (Lipinski definition) is 2. The van der Waals surface area contributed by atoms with Gasteiger partial charge in [0.1, 0.15) is 5.82 Å². The van der Waals surface area contributed by atoms with Gasteiger partial charge in [-0.3, -0.25) is 0 Å². The van der Waals surface area contributed by atoms with E-state index in [4.69, 9.17) is 17.3 Å². The maximum absolute atomic E-state index is 14.0. The lowest BCUT2D eigenvalue weighted by atomic mass is 9.89. The summed E-state index contributed by atoms with van der Waals surface area (Å²) in [6.07, 6.45) is 1.08. The van der Waals surface area contributed by atoms with Crippen LogP contribution in [0.25, 0.3) is 0 Å². The lowest BCUT2D eigenvalue weighted by molar-refractivity contribution is 0.145. The highest BCUT2D eigenvalue weighted by Crippen LogP contribution is 2.36. The molecule has 3 N–H and O–H groups in total. The number of hydrogen-bond acceptors (Lipinski definition) is 3. The second-order valence-electron chi connectivity index (χ2n) is 4.70. The van der Waals surface area contributed by atoms with Crippen molar-refractivity contribution in [1.82, 2.24) is 0 Å². The van der Waals surface area contributed by atoms with Crippen molar-refractivity contribution >= 4 is 23.4 Å². The molecule has 112 valence electrons. The summed E-state index contributed by atoms with van der Waals surface area (Å²) in [6.45, 7) is 0.103. The highest BCUT2D eigenvalue weighted by atomic mass is 35.5. The Balaban J connectivity index is 2.35. The quantitative estimate of drug-likeness (QED) is 0.817. The summed E-state index contributed by atoms with van der Waals surface area (Å²) >= 11 is 7.69. The van der Waals surface area contributed by atoms with Crippen molar-refractivity contribution in [3.8, 4) is 0 Å². The first-order valence-electron chi connectivity index (χ1n) is 6.54. The van der Waals surface area contributed by atoms with Gasteiger partial charge in [-0.15, -0.1) is 11.8 Å². The predicted octanol–water partition coefficient (Wildman–Crippen LogP) is 3.98. The van der Waals surface area contributed by atoms with Crippen LogP contribution < -0.4 is 5.73 Å². The lowest BCUT2D eigenvalue weighted by Gasteiger charge is -2.23. The maximum Gasteiger partial charge on any atom is 0.128 e. The largest absolute Gasteiger partial charge is 0.388 e. The molecule has 2 atom stereocenters. The van der Waals surface area contributed by atoms with Crippen LogP contribution >= 0.6 is 23.4 Å². The Bertz CT molecular complexity index is 585. The van der Waals surface area contributed by atoms with Crippen molar-refractivity contribution in [2.24, 2.45) is 5.73 Å². The van der Waals surface area contributed by atoms with Crippen LogP contribution in [0.3, 0.4) is 0 Å². The van der Waals surface area contributed by atoms with Crippen molar-refractivity contribution in [2.45, 2.75) is 16.9 Å². The van der Waals surface area contributed by atoms with Gasteiger partial charge in [-0.1, -0.05) is 29.8 Å². The van der Waals surface area contributed by atoms with E-state index in [1.54, 1.807) is 17.8 Å². The smallest absolute Gasteiger partial charge is 0.128 e. The molecule has 0 fully saturated rings. The highest BCUT2D eigenvalue weighted by Gasteiger charge is 2.26. The van der Waals surface area contributed by atoms with Crippen molar-refractivity contribution in [2.75, 3.05) is 12.8 Å². The zero-order valence-corrected chi connectivity index (χ0v) is 13.2. The number of thioether (sulfide) groups is 1. The molecule has 2 rings (SSSR count). The van der Waals surface area contributed by atoms with Crippen LogP contribution in [0.1, 0.15) is 23.1 Å². The summed E-state index contributed by atoms with van der Waals surface area (Å²) in [5, 5.41) is 10.8. The summed E-state index contributed by atoms with van der Waals surface area (Å²) in [5.41, 5.74) is 6.71. The van der Waals surface area contributed by atoms with Crippen molar-refractivity contribution in [1.29, 1.82) is 0 Å². The van der Waals surface area contributed by atoms with Gasteiger partial charge in [0.2, 0.25) is 0 Å².